The summed E-state index contributed by atoms with van der Waals surface area (Å²) in [6.45, 7) is 0. The Kier molecular flexibility index (Phi) is 3.40. The van der Waals surface area contributed by atoms with E-state index in [-0.39, 0.29) is 5.69 Å². The Labute approximate surface area is 122 Å². The third-order valence-corrected chi connectivity index (χ3v) is 3.00. The Balaban J connectivity index is 2.19. The quantitative estimate of drug-likeness (QED) is 0.668. The molecular formula is C15H9F4N3. The van der Waals surface area contributed by atoms with Gasteiger partial charge >= 0.3 is 6.18 Å². The molecule has 0 unspecified atom stereocenters. The third-order valence-electron chi connectivity index (χ3n) is 3.00. The van der Waals surface area contributed by atoms with Crippen LogP contribution in [0.5, 0.6) is 0 Å². The maximum Gasteiger partial charge on any atom is 0.435 e. The van der Waals surface area contributed by atoms with Crippen LogP contribution >= 0.6 is 0 Å². The minimum absolute atomic E-state index is 0.180. The van der Waals surface area contributed by atoms with Crippen LogP contribution in [0, 0.1) is 5.82 Å². The molecule has 0 fully saturated rings. The van der Waals surface area contributed by atoms with Gasteiger partial charge in [-0.3, -0.25) is 4.98 Å². The first kappa shape index (κ1) is 14.2. The molecule has 7 heteroatoms. The molecule has 0 atom stereocenters. The largest absolute Gasteiger partial charge is 0.435 e. The molecule has 0 aliphatic heterocycles. The van der Waals surface area contributed by atoms with E-state index >= 15 is 0 Å². The molecule has 0 saturated carbocycles. The molecule has 0 bridgehead atoms. The number of halogens is 4. The number of rotatable bonds is 2. The SMILES string of the molecule is Fc1ccc(-n2nc(C(F)(F)F)cc2-c2ccccn2)cc1. The molecule has 0 saturated heterocycles. The summed E-state index contributed by atoms with van der Waals surface area (Å²) in [5, 5.41) is 3.59. The number of pyridine rings is 1. The van der Waals surface area contributed by atoms with Crippen LogP contribution in [-0.4, -0.2) is 14.8 Å². The van der Waals surface area contributed by atoms with Crippen LogP contribution in [0.2, 0.25) is 0 Å². The molecule has 0 aliphatic carbocycles. The number of hydrogen-bond donors (Lipinski definition) is 0. The second-order valence-corrected chi connectivity index (χ2v) is 4.52. The number of aromatic nitrogens is 3. The second kappa shape index (κ2) is 5.25. The fourth-order valence-electron chi connectivity index (χ4n) is 2.00. The van der Waals surface area contributed by atoms with Gasteiger partial charge in [0.1, 0.15) is 5.82 Å². The first-order valence-corrected chi connectivity index (χ1v) is 6.30. The van der Waals surface area contributed by atoms with Gasteiger partial charge in [0.25, 0.3) is 0 Å². The highest BCUT2D eigenvalue weighted by Gasteiger charge is 2.35. The van der Waals surface area contributed by atoms with E-state index in [2.05, 4.69) is 10.1 Å². The first-order valence-electron chi connectivity index (χ1n) is 6.30. The molecule has 0 spiro atoms. The Morgan fingerprint density at radius 2 is 1.68 bits per heavy atom. The topological polar surface area (TPSA) is 30.7 Å². The van der Waals surface area contributed by atoms with E-state index in [4.69, 9.17) is 0 Å². The molecule has 112 valence electrons. The summed E-state index contributed by atoms with van der Waals surface area (Å²) < 4.78 is 52.9. The van der Waals surface area contributed by atoms with Gasteiger partial charge in [-0.15, -0.1) is 0 Å². The van der Waals surface area contributed by atoms with Gasteiger partial charge in [-0.2, -0.15) is 18.3 Å². The van der Waals surface area contributed by atoms with Gasteiger partial charge in [0.15, 0.2) is 5.69 Å². The number of nitrogens with zero attached hydrogens (tertiary/aromatic N) is 3. The van der Waals surface area contributed by atoms with Crippen LogP contribution in [0.15, 0.2) is 54.7 Å². The summed E-state index contributed by atoms with van der Waals surface area (Å²) in [6.07, 6.45) is -3.10. The molecular weight excluding hydrogens is 298 g/mol. The predicted octanol–water partition coefficient (Wildman–Crippen LogP) is 4.09. The highest BCUT2D eigenvalue weighted by molar-refractivity contribution is 5.58. The van der Waals surface area contributed by atoms with E-state index in [0.717, 1.165) is 22.9 Å². The van der Waals surface area contributed by atoms with E-state index in [1.807, 2.05) is 0 Å². The summed E-state index contributed by atoms with van der Waals surface area (Å²) in [7, 11) is 0. The van der Waals surface area contributed by atoms with Crippen molar-refractivity contribution < 1.29 is 17.6 Å². The van der Waals surface area contributed by atoms with Crippen molar-refractivity contribution in [3.8, 4) is 17.1 Å². The molecule has 0 N–H and O–H groups in total. The lowest BCUT2D eigenvalue weighted by Crippen LogP contribution is -2.07. The smallest absolute Gasteiger partial charge is 0.255 e. The van der Waals surface area contributed by atoms with E-state index in [1.165, 1.54) is 18.3 Å². The van der Waals surface area contributed by atoms with Gasteiger partial charge < -0.3 is 0 Å². The van der Waals surface area contributed by atoms with Crippen molar-refractivity contribution in [2.45, 2.75) is 6.18 Å². The molecule has 0 radical (unpaired) electrons. The Bertz CT molecular complexity index is 777. The lowest BCUT2D eigenvalue weighted by atomic mass is 10.2. The molecule has 1 aromatic carbocycles. The Morgan fingerprint density at radius 3 is 2.27 bits per heavy atom. The number of benzene rings is 1. The van der Waals surface area contributed by atoms with Gasteiger partial charge in [-0.25, -0.2) is 9.07 Å². The predicted molar refractivity (Wildman–Crippen MR) is 71.8 cm³/mol. The molecule has 3 rings (SSSR count). The minimum atomic E-state index is -4.57. The highest BCUT2D eigenvalue weighted by Crippen LogP contribution is 2.32. The normalized spacial score (nSPS) is 11.6. The van der Waals surface area contributed by atoms with Crippen molar-refractivity contribution in [1.82, 2.24) is 14.8 Å². The van der Waals surface area contributed by atoms with Crippen LogP contribution in [-0.2, 0) is 6.18 Å². The summed E-state index contributed by atoms with van der Waals surface area (Å²) in [4.78, 5) is 4.05. The molecule has 2 aromatic heterocycles. The maximum atomic E-state index is 13.0. The van der Waals surface area contributed by atoms with E-state index in [9.17, 15) is 17.6 Å². The average molecular weight is 307 g/mol. The van der Waals surface area contributed by atoms with Gasteiger partial charge in [0, 0.05) is 6.20 Å². The Morgan fingerprint density at radius 1 is 0.955 bits per heavy atom. The van der Waals surface area contributed by atoms with E-state index in [0.29, 0.717) is 11.4 Å². The van der Waals surface area contributed by atoms with Gasteiger partial charge in [0.2, 0.25) is 0 Å². The number of alkyl halides is 3. The summed E-state index contributed by atoms with van der Waals surface area (Å²) >= 11 is 0. The summed E-state index contributed by atoms with van der Waals surface area (Å²) in [5.74, 6) is -0.480. The summed E-state index contributed by atoms with van der Waals surface area (Å²) in [5.41, 5.74) is -0.190. The second-order valence-electron chi connectivity index (χ2n) is 4.52. The number of hydrogen-bond acceptors (Lipinski definition) is 2. The monoisotopic (exact) mass is 307 g/mol. The zero-order valence-electron chi connectivity index (χ0n) is 11.0. The van der Waals surface area contributed by atoms with Crippen LogP contribution in [0.25, 0.3) is 17.1 Å². The molecule has 0 amide bonds. The van der Waals surface area contributed by atoms with Crippen LogP contribution in [0.1, 0.15) is 5.69 Å². The molecule has 3 nitrogen and oxygen atoms in total. The van der Waals surface area contributed by atoms with Crippen molar-refractivity contribution in [2.24, 2.45) is 0 Å². The van der Waals surface area contributed by atoms with Crippen LogP contribution in [0.4, 0.5) is 17.6 Å². The minimum Gasteiger partial charge on any atom is -0.255 e. The van der Waals surface area contributed by atoms with Crippen molar-refractivity contribution in [1.29, 1.82) is 0 Å². The summed E-state index contributed by atoms with van der Waals surface area (Å²) in [6, 6.07) is 10.9. The fourth-order valence-corrected chi connectivity index (χ4v) is 2.00. The molecule has 3 aromatic rings. The third kappa shape index (κ3) is 2.69. The van der Waals surface area contributed by atoms with Crippen molar-refractivity contribution in [2.75, 3.05) is 0 Å². The van der Waals surface area contributed by atoms with Crippen molar-refractivity contribution in [3.63, 3.8) is 0 Å². The highest BCUT2D eigenvalue weighted by atomic mass is 19.4. The van der Waals surface area contributed by atoms with Crippen LogP contribution in [0.3, 0.4) is 0 Å². The van der Waals surface area contributed by atoms with Crippen molar-refractivity contribution >= 4 is 0 Å². The maximum absolute atomic E-state index is 13.0. The molecule has 0 aliphatic rings. The standard InChI is InChI=1S/C15H9F4N3/c16-10-4-6-11(7-5-10)22-13(12-3-1-2-8-20-12)9-14(21-22)15(17,18)19/h1-9H. The lowest BCUT2D eigenvalue weighted by Gasteiger charge is -2.06. The van der Waals surface area contributed by atoms with E-state index in [1.54, 1.807) is 18.2 Å². The first-order chi connectivity index (χ1) is 10.4. The van der Waals surface area contributed by atoms with Crippen LogP contribution < -0.4 is 0 Å². The van der Waals surface area contributed by atoms with Gasteiger partial charge in [0.05, 0.1) is 17.1 Å². The van der Waals surface area contributed by atoms with Gasteiger partial charge in [-0.1, -0.05) is 6.07 Å². The zero-order valence-corrected chi connectivity index (χ0v) is 11.0. The fraction of sp³-hybridized carbons (Fsp3) is 0.0667. The van der Waals surface area contributed by atoms with E-state index < -0.39 is 17.7 Å². The van der Waals surface area contributed by atoms with Gasteiger partial charge in [-0.05, 0) is 42.5 Å². The zero-order chi connectivity index (χ0) is 15.7. The lowest BCUT2D eigenvalue weighted by molar-refractivity contribution is -0.141. The molecule has 22 heavy (non-hydrogen) atoms. The molecule has 2 heterocycles. The van der Waals surface area contributed by atoms with Crippen molar-refractivity contribution in [3.05, 3.63) is 66.2 Å². The average Bonchev–Trinajstić information content (AvgIpc) is 2.94. The Hall–Kier alpha value is -2.70.